The number of cyclic esters (lactones) is 1. The second kappa shape index (κ2) is 4.20. The average Bonchev–Trinajstić information content (AvgIpc) is 2.59. The normalized spacial score (nSPS) is 14.6. The molecule has 2 nitrogen and oxygen atoms in total. The van der Waals surface area contributed by atoms with Gasteiger partial charge in [0.05, 0.1) is 5.57 Å². The first-order chi connectivity index (χ1) is 7.27. The van der Waals surface area contributed by atoms with Crippen molar-refractivity contribution in [2.24, 2.45) is 0 Å². The van der Waals surface area contributed by atoms with Gasteiger partial charge in [-0.3, -0.25) is 0 Å². The van der Waals surface area contributed by atoms with Crippen molar-refractivity contribution in [3.63, 3.8) is 0 Å². The van der Waals surface area contributed by atoms with Gasteiger partial charge in [0.2, 0.25) is 0 Å². The van der Waals surface area contributed by atoms with Crippen LogP contribution in [0.2, 0.25) is 0 Å². The van der Waals surface area contributed by atoms with Gasteiger partial charge < -0.3 is 4.74 Å². The number of ether oxygens (including phenoxy) is 1. The van der Waals surface area contributed by atoms with Gasteiger partial charge in [-0.05, 0) is 12.1 Å². The Morgan fingerprint density at radius 2 is 1.93 bits per heavy atom. The minimum Gasteiger partial charge on any atom is -0.456 e. The van der Waals surface area contributed by atoms with Crippen molar-refractivity contribution >= 4 is 17.6 Å². The summed E-state index contributed by atoms with van der Waals surface area (Å²) in [6.45, 7) is 0.178. The number of hydrogen-bond acceptors (Lipinski definition) is 2. The largest absolute Gasteiger partial charge is 0.456 e. The average molecular weight is 219 g/mol. The third kappa shape index (κ3) is 2.20. The first-order valence-corrected chi connectivity index (χ1v) is 4.78. The Kier molecular flexibility index (Phi) is 2.75. The predicted octanol–water partition coefficient (Wildman–Crippen LogP) is 2.09. The van der Waals surface area contributed by atoms with E-state index in [0.717, 1.165) is 5.56 Å². The fourth-order valence-electron chi connectivity index (χ4n) is 1.15. The van der Waals surface area contributed by atoms with Crippen LogP contribution in [0.15, 0.2) is 40.9 Å². The lowest BCUT2D eigenvalue weighted by Gasteiger charge is -1.88. The molecule has 0 saturated carbocycles. The van der Waals surface area contributed by atoms with E-state index in [1.165, 1.54) is 0 Å². The third-order valence-corrected chi connectivity index (χ3v) is 2.31. The topological polar surface area (TPSA) is 26.3 Å². The van der Waals surface area contributed by atoms with Gasteiger partial charge in [0.1, 0.15) is 11.6 Å². The summed E-state index contributed by atoms with van der Waals surface area (Å²) in [6.07, 6.45) is 0. The smallest absolute Gasteiger partial charge is 0.351 e. The van der Waals surface area contributed by atoms with Crippen molar-refractivity contribution in [1.29, 1.82) is 0 Å². The van der Waals surface area contributed by atoms with E-state index in [-0.39, 0.29) is 11.6 Å². The highest BCUT2D eigenvalue weighted by Gasteiger charge is 2.21. The summed E-state index contributed by atoms with van der Waals surface area (Å²) in [5.74, 6) is 5.25. The molecule has 0 bridgehead atoms. The molecule has 15 heavy (non-hydrogen) atoms. The van der Waals surface area contributed by atoms with Gasteiger partial charge in [-0.15, -0.1) is 0 Å². The minimum atomic E-state index is -0.492. The van der Waals surface area contributed by atoms with Gasteiger partial charge in [-0.2, -0.15) is 0 Å². The van der Waals surface area contributed by atoms with Crippen molar-refractivity contribution in [3.05, 3.63) is 46.5 Å². The van der Waals surface area contributed by atoms with Crippen LogP contribution in [0.5, 0.6) is 0 Å². The number of hydrogen-bond donors (Lipinski definition) is 0. The van der Waals surface area contributed by atoms with E-state index in [4.69, 9.17) is 16.3 Å². The molecule has 0 amide bonds. The fraction of sp³-hybridized carbons (Fsp3) is 0.0833. The van der Waals surface area contributed by atoms with Crippen LogP contribution in [0.1, 0.15) is 5.56 Å². The van der Waals surface area contributed by atoms with Crippen LogP contribution in [-0.4, -0.2) is 12.6 Å². The van der Waals surface area contributed by atoms with Gasteiger partial charge >= 0.3 is 5.97 Å². The second-order valence-electron chi connectivity index (χ2n) is 2.98. The zero-order valence-electron chi connectivity index (χ0n) is 7.79. The predicted molar refractivity (Wildman–Crippen MR) is 57.2 cm³/mol. The summed E-state index contributed by atoms with van der Waals surface area (Å²) in [6, 6.07) is 9.49. The number of carbonyl (C=O) groups is 1. The van der Waals surface area contributed by atoms with E-state index >= 15 is 0 Å². The maximum Gasteiger partial charge on any atom is 0.351 e. The highest BCUT2D eigenvalue weighted by molar-refractivity contribution is 6.42. The Hall–Kier alpha value is -1.72. The second-order valence-corrected chi connectivity index (χ2v) is 3.36. The van der Waals surface area contributed by atoms with E-state index < -0.39 is 5.97 Å². The van der Waals surface area contributed by atoms with E-state index in [9.17, 15) is 4.79 Å². The SMILES string of the molecule is O=C1OCC(C#Cc2ccccc2)=C1Cl. The molecule has 0 unspecified atom stereocenters. The summed E-state index contributed by atoms with van der Waals surface area (Å²) in [5, 5.41) is 0.0958. The molecular weight excluding hydrogens is 212 g/mol. The zero-order chi connectivity index (χ0) is 10.7. The summed E-state index contributed by atoms with van der Waals surface area (Å²) in [7, 11) is 0. The summed E-state index contributed by atoms with van der Waals surface area (Å²) >= 11 is 5.70. The maximum atomic E-state index is 10.9. The molecule has 0 radical (unpaired) electrons. The molecule has 2 rings (SSSR count). The van der Waals surface area contributed by atoms with Gasteiger partial charge in [0, 0.05) is 5.56 Å². The number of halogens is 1. The molecule has 0 atom stereocenters. The van der Waals surface area contributed by atoms with Crippen molar-refractivity contribution in [1.82, 2.24) is 0 Å². The van der Waals surface area contributed by atoms with Gasteiger partial charge in [-0.1, -0.05) is 41.6 Å². The first-order valence-electron chi connectivity index (χ1n) is 4.40. The fourth-order valence-corrected chi connectivity index (χ4v) is 1.30. The summed E-state index contributed by atoms with van der Waals surface area (Å²) in [5.41, 5.74) is 1.43. The number of benzene rings is 1. The minimum absolute atomic E-state index is 0.0958. The monoisotopic (exact) mass is 218 g/mol. The van der Waals surface area contributed by atoms with Crippen molar-refractivity contribution in [3.8, 4) is 11.8 Å². The molecule has 0 spiro atoms. The zero-order valence-corrected chi connectivity index (χ0v) is 8.54. The maximum absolute atomic E-state index is 10.9. The first kappa shape index (κ1) is 9.82. The van der Waals surface area contributed by atoms with Crippen LogP contribution >= 0.6 is 11.6 Å². The molecule has 0 saturated heterocycles. The summed E-state index contributed by atoms with van der Waals surface area (Å²) < 4.78 is 4.72. The van der Waals surface area contributed by atoms with Crippen molar-refractivity contribution in [2.75, 3.05) is 6.61 Å². The van der Waals surface area contributed by atoms with E-state index in [1.54, 1.807) is 0 Å². The standard InChI is InChI=1S/C12H7ClO2/c13-11-10(8-15-12(11)14)7-6-9-4-2-1-3-5-9/h1-5H,8H2. The Labute approximate surface area is 92.5 Å². The molecule has 0 N–H and O–H groups in total. The lowest BCUT2D eigenvalue weighted by molar-refractivity contribution is -0.135. The highest BCUT2D eigenvalue weighted by Crippen LogP contribution is 2.18. The molecule has 1 aromatic rings. The number of carbonyl (C=O) groups excluding carboxylic acids is 1. The molecule has 1 aliphatic rings. The molecule has 1 aliphatic heterocycles. The van der Waals surface area contributed by atoms with Gasteiger partial charge in [0.25, 0.3) is 0 Å². The molecule has 74 valence electrons. The lowest BCUT2D eigenvalue weighted by atomic mass is 10.2. The summed E-state index contributed by atoms with van der Waals surface area (Å²) in [4.78, 5) is 10.9. The molecule has 1 aromatic carbocycles. The quantitative estimate of drug-likeness (QED) is 0.492. The number of esters is 1. The van der Waals surface area contributed by atoms with Crippen LogP contribution in [0.25, 0.3) is 0 Å². The van der Waals surface area contributed by atoms with Crippen LogP contribution in [0.3, 0.4) is 0 Å². The Morgan fingerprint density at radius 3 is 2.53 bits per heavy atom. The van der Waals surface area contributed by atoms with Crippen molar-refractivity contribution in [2.45, 2.75) is 0 Å². The van der Waals surface area contributed by atoms with Crippen LogP contribution in [0, 0.1) is 11.8 Å². The molecule has 0 fully saturated rings. The Balaban J connectivity index is 2.24. The van der Waals surface area contributed by atoms with Gasteiger partial charge in [0.15, 0.2) is 0 Å². The molecule has 3 heteroatoms. The number of rotatable bonds is 0. The van der Waals surface area contributed by atoms with E-state index in [1.807, 2.05) is 30.3 Å². The van der Waals surface area contributed by atoms with Crippen LogP contribution in [0.4, 0.5) is 0 Å². The molecular formula is C12H7ClO2. The van der Waals surface area contributed by atoms with Crippen LogP contribution < -0.4 is 0 Å². The highest BCUT2D eigenvalue weighted by atomic mass is 35.5. The van der Waals surface area contributed by atoms with Crippen LogP contribution in [-0.2, 0) is 9.53 Å². The Morgan fingerprint density at radius 1 is 1.20 bits per heavy atom. The van der Waals surface area contributed by atoms with E-state index in [2.05, 4.69) is 11.8 Å². The Bertz CT molecular complexity index is 477. The van der Waals surface area contributed by atoms with Crippen molar-refractivity contribution < 1.29 is 9.53 Å². The molecule has 0 aromatic heterocycles. The lowest BCUT2D eigenvalue weighted by Crippen LogP contribution is -1.93. The van der Waals surface area contributed by atoms with Gasteiger partial charge in [-0.25, -0.2) is 4.79 Å². The molecule has 0 aliphatic carbocycles. The third-order valence-electron chi connectivity index (χ3n) is 1.92. The molecule has 1 heterocycles. The van der Waals surface area contributed by atoms with E-state index in [0.29, 0.717) is 5.57 Å².